The van der Waals surface area contributed by atoms with Crippen molar-refractivity contribution >= 4 is 42.5 Å². The lowest BCUT2D eigenvalue weighted by Gasteiger charge is -2.32. The topological polar surface area (TPSA) is 93.1 Å². The molecule has 1 fully saturated rings. The van der Waals surface area contributed by atoms with Crippen LogP contribution in [0.1, 0.15) is 30.0 Å². The molecule has 32 heavy (non-hydrogen) atoms. The number of benzene rings is 1. The van der Waals surface area contributed by atoms with Gasteiger partial charge in [0.15, 0.2) is 10.8 Å². The Morgan fingerprint density at radius 1 is 1.41 bits per heavy atom. The van der Waals surface area contributed by atoms with Gasteiger partial charge >= 0.3 is 12.1 Å². The van der Waals surface area contributed by atoms with Crippen LogP contribution in [-0.2, 0) is 14.3 Å². The van der Waals surface area contributed by atoms with Crippen molar-refractivity contribution in [3.8, 4) is 0 Å². The Morgan fingerprint density at radius 3 is 2.88 bits per heavy atom. The zero-order valence-corrected chi connectivity index (χ0v) is 18.3. The molecule has 1 N–H and O–H groups in total. The second-order valence-electron chi connectivity index (χ2n) is 7.19. The lowest BCUT2D eigenvalue weighted by Crippen LogP contribution is -2.40. The number of ether oxygens (including phenoxy) is 2. The van der Waals surface area contributed by atoms with Gasteiger partial charge in [-0.05, 0) is 24.6 Å². The molecule has 0 spiro atoms. The van der Waals surface area contributed by atoms with Crippen molar-refractivity contribution in [3.05, 3.63) is 57.4 Å². The van der Waals surface area contributed by atoms with Crippen LogP contribution in [0.4, 0.5) is 9.18 Å². The lowest BCUT2D eigenvalue weighted by atomic mass is 9.83. The maximum Gasteiger partial charge on any atom is 0.407 e. The number of halogens is 1. The summed E-state index contributed by atoms with van der Waals surface area (Å²) in [6.45, 7) is 2.26. The molecule has 164 valence electrons. The van der Waals surface area contributed by atoms with Crippen molar-refractivity contribution in [2.45, 2.75) is 25.4 Å². The number of esters is 1. The number of aliphatic imine (C=N–C) groups is 1. The molecule has 0 unspecified atom stereocenters. The summed E-state index contributed by atoms with van der Waals surface area (Å²) in [5, 5.41) is 5.25. The first-order valence-electron chi connectivity index (χ1n) is 9.97. The molecule has 1 amide bonds. The Bertz CT molecular complexity index is 1110. The van der Waals surface area contributed by atoms with Crippen LogP contribution in [0.3, 0.4) is 0 Å². The Morgan fingerprint density at radius 2 is 2.22 bits per heavy atom. The number of hydrogen-bond acceptors (Lipinski definition) is 8. The van der Waals surface area contributed by atoms with E-state index in [0.29, 0.717) is 40.6 Å². The summed E-state index contributed by atoms with van der Waals surface area (Å²) in [5.74, 6) is -0.478. The molecule has 2 aliphatic rings. The van der Waals surface area contributed by atoms with Gasteiger partial charge in [0.25, 0.3) is 0 Å². The summed E-state index contributed by atoms with van der Waals surface area (Å²) < 4.78 is 23.8. The number of amidine groups is 1. The fraction of sp³-hybridized carbons (Fsp3) is 0.333. The van der Waals surface area contributed by atoms with E-state index in [4.69, 9.17) is 22.3 Å². The number of thiazole rings is 1. The molecular formula is C21H20BFN4O4S. The summed E-state index contributed by atoms with van der Waals surface area (Å²) in [7, 11) is 7.41. The number of alkyl carbamates (subject to hydrolysis) is 1. The van der Waals surface area contributed by atoms with Gasteiger partial charge in [-0.15, -0.1) is 11.3 Å². The van der Waals surface area contributed by atoms with E-state index in [1.807, 2.05) is 10.3 Å². The van der Waals surface area contributed by atoms with Gasteiger partial charge in [0.1, 0.15) is 19.7 Å². The minimum atomic E-state index is -0.809. The van der Waals surface area contributed by atoms with Crippen molar-refractivity contribution in [2.75, 3.05) is 20.3 Å². The third-order valence-corrected chi connectivity index (χ3v) is 6.00. The Kier molecular flexibility index (Phi) is 6.27. The van der Waals surface area contributed by atoms with E-state index in [0.717, 1.165) is 0 Å². The molecule has 3 heterocycles. The molecule has 2 atom stereocenters. The van der Waals surface area contributed by atoms with E-state index < -0.39 is 23.9 Å². The molecule has 2 aromatic rings. The predicted octanol–water partition coefficient (Wildman–Crippen LogP) is 1.83. The SMILES string of the molecule is [B]c1cc(F)ccc1[C@@H]1N=C(c2nccs2)N2C[C@H](NC(=O)OC)CC2=C1C(=O)OCC. The van der Waals surface area contributed by atoms with E-state index in [9.17, 15) is 14.0 Å². The van der Waals surface area contributed by atoms with Crippen LogP contribution in [0.2, 0.25) is 0 Å². The number of amides is 1. The number of fused-ring (bicyclic) bond motifs is 1. The van der Waals surface area contributed by atoms with E-state index in [1.165, 1.54) is 36.6 Å². The second-order valence-corrected chi connectivity index (χ2v) is 8.09. The molecule has 0 bridgehead atoms. The highest BCUT2D eigenvalue weighted by Gasteiger charge is 2.42. The van der Waals surface area contributed by atoms with Crippen LogP contribution in [0.25, 0.3) is 0 Å². The normalized spacial score (nSPS) is 20.0. The van der Waals surface area contributed by atoms with E-state index in [1.54, 1.807) is 13.1 Å². The maximum absolute atomic E-state index is 13.7. The van der Waals surface area contributed by atoms with Crippen LogP contribution in [0.15, 0.2) is 46.0 Å². The minimum absolute atomic E-state index is 0.175. The fourth-order valence-corrected chi connectivity index (χ4v) is 4.55. The number of methoxy groups -OCH3 is 1. The van der Waals surface area contributed by atoms with Crippen molar-refractivity contribution < 1.29 is 23.5 Å². The highest BCUT2D eigenvalue weighted by atomic mass is 32.1. The number of rotatable bonds is 5. The number of hydrogen-bond donors (Lipinski definition) is 1. The van der Waals surface area contributed by atoms with Gasteiger partial charge in [0.05, 0.1) is 25.3 Å². The zero-order chi connectivity index (χ0) is 22.8. The van der Waals surface area contributed by atoms with E-state index >= 15 is 0 Å². The Labute approximate surface area is 189 Å². The maximum atomic E-state index is 13.7. The highest BCUT2D eigenvalue weighted by molar-refractivity contribution is 7.11. The number of nitrogens with one attached hydrogen (secondary N) is 1. The van der Waals surface area contributed by atoms with Crippen LogP contribution in [0, 0.1) is 5.82 Å². The van der Waals surface area contributed by atoms with Gasteiger partial charge in [-0.3, -0.25) is 4.99 Å². The van der Waals surface area contributed by atoms with Crippen LogP contribution >= 0.6 is 11.3 Å². The summed E-state index contributed by atoms with van der Waals surface area (Å²) in [4.78, 5) is 35.9. The van der Waals surface area contributed by atoms with E-state index in [-0.39, 0.29) is 18.1 Å². The monoisotopic (exact) mass is 454 g/mol. The molecule has 11 heteroatoms. The number of carbonyl (C=O) groups excluding carboxylic acids is 2. The summed E-state index contributed by atoms with van der Waals surface area (Å²) >= 11 is 1.40. The zero-order valence-electron chi connectivity index (χ0n) is 17.5. The van der Waals surface area contributed by atoms with Gasteiger partial charge in [-0.2, -0.15) is 0 Å². The average molecular weight is 454 g/mol. The van der Waals surface area contributed by atoms with Crippen molar-refractivity contribution in [1.82, 2.24) is 15.2 Å². The van der Waals surface area contributed by atoms with Crippen LogP contribution < -0.4 is 10.8 Å². The molecule has 2 aliphatic heterocycles. The quantitative estimate of drug-likeness (QED) is 0.548. The standard InChI is InChI=1S/C21H20BFN4O4S/c1-3-31-20(28)16-15-9-12(25-21(29)30-2)10-27(15)18(19-24-6-7-32-19)26-17(16)13-5-4-11(23)8-14(13)22/h4-8,12,17H,3,9-10H2,1-2H3,(H,25,29)/t12-,17+/m1/s1. The van der Waals surface area contributed by atoms with Gasteiger partial charge in [-0.25, -0.2) is 19.0 Å². The minimum Gasteiger partial charge on any atom is -0.463 e. The molecule has 0 saturated carbocycles. The molecule has 1 aromatic heterocycles. The first kappa shape index (κ1) is 22.0. The van der Waals surface area contributed by atoms with Crippen LogP contribution in [0.5, 0.6) is 0 Å². The third kappa shape index (κ3) is 4.12. The Balaban J connectivity index is 1.86. The molecule has 2 radical (unpaired) electrons. The van der Waals surface area contributed by atoms with Crippen molar-refractivity contribution in [2.24, 2.45) is 4.99 Å². The largest absolute Gasteiger partial charge is 0.463 e. The highest BCUT2D eigenvalue weighted by Crippen LogP contribution is 2.40. The van der Waals surface area contributed by atoms with Gasteiger partial charge in [-0.1, -0.05) is 11.5 Å². The van der Waals surface area contributed by atoms with Gasteiger partial charge in [0.2, 0.25) is 0 Å². The summed E-state index contributed by atoms with van der Waals surface area (Å²) in [5.41, 5.74) is 1.62. The van der Waals surface area contributed by atoms with Crippen LogP contribution in [-0.4, -0.2) is 61.9 Å². The summed E-state index contributed by atoms with van der Waals surface area (Å²) in [6, 6.07) is 2.87. The first-order valence-corrected chi connectivity index (χ1v) is 10.9. The van der Waals surface area contributed by atoms with Gasteiger partial charge < -0.3 is 19.7 Å². The first-order chi connectivity index (χ1) is 15.4. The molecular weight excluding hydrogens is 434 g/mol. The molecule has 0 aliphatic carbocycles. The number of nitrogens with zero attached hydrogens (tertiary/aromatic N) is 3. The second kappa shape index (κ2) is 9.11. The third-order valence-electron chi connectivity index (χ3n) is 5.23. The van der Waals surface area contributed by atoms with Crippen molar-refractivity contribution in [3.63, 3.8) is 0 Å². The van der Waals surface area contributed by atoms with E-state index in [2.05, 4.69) is 10.3 Å². The molecule has 1 saturated heterocycles. The number of carbonyl (C=O) groups is 2. The molecule has 4 rings (SSSR count). The average Bonchev–Trinajstić information content (AvgIpc) is 3.42. The van der Waals surface area contributed by atoms with Gasteiger partial charge in [0, 0.05) is 30.2 Å². The molecule has 1 aromatic carbocycles. The van der Waals surface area contributed by atoms with Crippen molar-refractivity contribution in [1.29, 1.82) is 0 Å². The fourth-order valence-electron chi connectivity index (χ4n) is 3.91. The number of aromatic nitrogens is 1. The smallest absolute Gasteiger partial charge is 0.407 e. The lowest BCUT2D eigenvalue weighted by molar-refractivity contribution is -0.139. The molecule has 8 nitrogen and oxygen atoms in total. The Hall–Kier alpha value is -3.21. The summed E-state index contributed by atoms with van der Waals surface area (Å²) in [6.07, 6.45) is 1.44. The predicted molar refractivity (Wildman–Crippen MR) is 117 cm³/mol.